The van der Waals surface area contributed by atoms with Gasteiger partial charge in [-0.1, -0.05) is 0 Å². The fourth-order valence-electron chi connectivity index (χ4n) is 1.76. The molecule has 1 unspecified atom stereocenters. The van der Waals surface area contributed by atoms with Gasteiger partial charge in [-0.2, -0.15) is 0 Å². The third kappa shape index (κ3) is 1.65. The minimum atomic E-state index is 0.0601. The highest BCUT2D eigenvalue weighted by atomic mass is 16.5. The van der Waals surface area contributed by atoms with Gasteiger partial charge in [0, 0.05) is 19.6 Å². The minimum absolute atomic E-state index is 0.0601. The Balaban J connectivity index is 2.21. The number of nitrogens with zero attached hydrogens (tertiary/aromatic N) is 3. The lowest BCUT2D eigenvalue weighted by molar-refractivity contribution is 0.0197. The molecule has 78 valence electrons. The highest BCUT2D eigenvalue weighted by Gasteiger charge is 2.21. The maximum absolute atomic E-state index is 5.63. The number of morpholine rings is 1. The lowest BCUT2D eigenvalue weighted by atomic mass is 10.3. The molecular formula is C9H16N4O. The Hall–Kier alpha value is -0.940. The SMILES string of the molecule is CCn1c(C)nnc1C1CNCCO1. The number of hydrogen-bond acceptors (Lipinski definition) is 4. The van der Waals surface area contributed by atoms with Gasteiger partial charge in [-0.25, -0.2) is 0 Å². The first kappa shape index (κ1) is 9.61. The first-order chi connectivity index (χ1) is 6.83. The highest BCUT2D eigenvalue weighted by molar-refractivity contribution is 4.99. The first-order valence-corrected chi connectivity index (χ1v) is 5.05. The molecule has 0 bridgehead atoms. The molecule has 5 nitrogen and oxygen atoms in total. The zero-order valence-electron chi connectivity index (χ0n) is 8.66. The van der Waals surface area contributed by atoms with Gasteiger partial charge in [0.2, 0.25) is 0 Å². The van der Waals surface area contributed by atoms with Crippen LogP contribution in [0.1, 0.15) is 24.7 Å². The first-order valence-electron chi connectivity index (χ1n) is 5.05. The van der Waals surface area contributed by atoms with E-state index in [0.29, 0.717) is 0 Å². The summed E-state index contributed by atoms with van der Waals surface area (Å²) in [6.07, 6.45) is 0.0601. The summed E-state index contributed by atoms with van der Waals surface area (Å²) < 4.78 is 7.73. The number of aromatic nitrogens is 3. The minimum Gasteiger partial charge on any atom is -0.368 e. The van der Waals surface area contributed by atoms with E-state index in [1.165, 1.54) is 0 Å². The van der Waals surface area contributed by atoms with Crippen LogP contribution in [0.2, 0.25) is 0 Å². The van der Waals surface area contributed by atoms with Crippen molar-refractivity contribution in [1.29, 1.82) is 0 Å². The summed E-state index contributed by atoms with van der Waals surface area (Å²) in [5.74, 6) is 1.90. The van der Waals surface area contributed by atoms with Gasteiger partial charge in [0.1, 0.15) is 11.9 Å². The number of rotatable bonds is 2. The maximum atomic E-state index is 5.63. The van der Waals surface area contributed by atoms with Crippen LogP contribution in [0, 0.1) is 6.92 Å². The molecule has 1 aromatic rings. The zero-order chi connectivity index (χ0) is 9.97. The highest BCUT2D eigenvalue weighted by Crippen LogP contribution is 2.17. The molecule has 1 atom stereocenters. The summed E-state index contributed by atoms with van der Waals surface area (Å²) in [6, 6.07) is 0. The average molecular weight is 196 g/mol. The zero-order valence-corrected chi connectivity index (χ0v) is 8.66. The van der Waals surface area contributed by atoms with Crippen LogP contribution in [-0.4, -0.2) is 34.5 Å². The largest absolute Gasteiger partial charge is 0.368 e. The van der Waals surface area contributed by atoms with Crippen molar-refractivity contribution in [3.8, 4) is 0 Å². The van der Waals surface area contributed by atoms with Crippen LogP contribution in [-0.2, 0) is 11.3 Å². The molecule has 0 aliphatic carbocycles. The Morgan fingerprint density at radius 2 is 2.43 bits per heavy atom. The predicted octanol–water partition coefficient (Wildman–Crippen LogP) is 0.267. The average Bonchev–Trinajstić information content (AvgIpc) is 2.61. The van der Waals surface area contributed by atoms with E-state index in [9.17, 15) is 0 Å². The number of hydrogen-bond donors (Lipinski definition) is 1. The van der Waals surface area contributed by atoms with Crippen molar-refractivity contribution >= 4 is 0 Å². The third-order valence-electron chi connectivity index (χ3n) is 2.50. The molecule has 0 aromatic carbocycles. The molecule has 1 N–H and O–H groups in total. The van der Waals surface area contributed by atoms with Gasteiger partial charge in [-0.05, 0) is 13.8 Å². The van der Waals surface area contributed by atoms with Crippen molar-refractivity contribution in [3.63, 3.8) is 0 Å². The van der Waals surface area contributed by atoms with E-state index < -0.39 is 0 Å². The fraction of sp³-hybridized carbons (Fsp3) is 0.778. The molecule has 1 aromatic heterocycles. The van der Waals surface area contributed by atoms with Crippen LogP contribution in [0.25, 0.3) is 0 Å². The molecule has 0 saturated carbocycles. The van der Waals surface area contributed by atoms with Crippen molar-refractivity contribution in [2.24, 2.45) is 0 Å². The second-order valence-electron chi connectivity index (χ2n) is 3.41. The lowest BCUT2D eigenvalue weighted by Crippen LogP contribution is -2.34. The van der Waals surface area contributed by atoms with Crippen molar-refractivity contribution in [1.82, 2.24) is 20.1 Å². The summed E-state index contributed by atoms with van der Waals surface area (Å²) in [4.78, 5) is 0. The Morgan fingerprint density at radius 3 is 3.07 bits per heavy atom. The van der Waals surface area contributed by atoms with Crippen LogP contribution in [0.3, 0.4) is 0 Å². The van der Waals surface area contributed by atoms with E-state index in [2.05, 4.69) is 27.0 Å². The normalized spacial score (nSPS) is 22.6. The van der Waals surface area contributed by atoms with Gasteiger partial charge in [-0.3, -0.25) is 0 Å². The Bertz CT molecular complexity index is 304. The van der Waals surface area contributed by atoms with E-state index in [-0.39, 0.29) is 6.10 Å². The molecule has 1 aliphatic rings. The molecule has 0 radical (unpaired) electrons. The van der Waals surface area contributed by atoms with E-state index >= 15 is 0 Å². The summed E-state index contributed by atoms with van der Waals surface area (Å²) in [7, 11) is 0. The summed E-state index contributed by atoms with van der Waals surface area (Å²) in [6.45, 7) is 7.47. The van der Waals surface area contributed by atoms with E-state index in [4.69, 9.17) is 4.74 Å². The van der Waals surface area contributed by atoms with E-state index in [1.807, 2.05) is 6.92 Å². The van der Waals surface area contributed by atoms with Gasteiger partial charge in [0.05, 0.1) is 6.61 Å². The lowest BCUT2D eigenvalue weighted by Gasteiger charge is -2.23. The number of aryl methyl sites for hydroxylation is 1. The molecule has 1 fully saturated rings. The third-order valence-corrected chi connectivity index (χ3v) is 2.50. The molecule has 1 saturated heterocycles. The summed E-state index contributed by atoms with van der Waals surface area (Å²) in [5, 5.41) is 11.5. The molecule has 0 amide bonds. The topological polar surface area (TPSA) is 52.0 Å². The summed E-state index contributed by atoms with van der Waals surface area (Å²) >= 11 is 0. The Kier molecular flexibility index (Phi) is 2.79. The van der Waals surface area contributed by atoms with Crippen molar-refractivity contribution in [3.05, 3.63) is 11.6 Å². The number of nitrogens with one attached hydrogen (secondary N) is 1. The van der Waals surface area contributed by atoms with Crippen LogP contribution in [0.15, 0.2) is 0 Å². The Labute approximate surface area is 83.5 Å². The van der Waals surface area contributed by atoms with E-state index in [0.717, 1.165) is 37.9 Å². The molecule has 5 heteroatoms. The monoisotopic (exact) mass is 196 g/mol. The molecule has 14 heavy (non-hydrogen) atoms. The van der Waals surface area contributed by atoms with Crippen molar-refractivity contribution < 1.29 is 4.74 Å². The van der Waals surface area contributed by atoms with E-state index in [1.54, 1.807) is 0 Å². The van der Waals surface area contributed by atoms with Crippen LogP contribution in [0.5, 0.6) is 0 Å². The van der Waals surface area contributed by atoms with Gasteiger partial charge < -0.3 is 14.6 Å². The van der Waals surface area contributed by atoms with Crippen LogP contribution >= 0.6 is 0 Å². The quantitative estimate of drug-likeness (QED) is 0.737. The second kappa shape index (κ2) is 4.06. The van der Waals surface area contributed by atoms with Gasteiger partial charge in [0.15, 0.2) is 5.82 Å². The summed E-state index contributed by atoms with van der Waals surface area (Å²) in [5.41, 5.74) is 0. The molecule has 0 spiro atoms. The second-order valence-corrected chi connectivity index (χ2v) is 3.41. The Morgan fingerprint density at radius 1 is 1.57 bits per heavy atom. The standard InChI is InChI=1S/C9H16N4O/c1-3-13-7(2)11-12-9(13)8-6-10-4-5-14-8/h8,10H,3-6H2,1-2H3. The number of ether oxygens (including phenoxy) is 1. The predicted molar refractivity (Wildman–Crippen MR) is 52.0 cm³/mol. The van der Waals surface area contributed by atoms with Crippen molar-refractivity contribution in [2.75, 3.05) is 19.7 Å². The molecule has 2 heterocycles. The van der Waals surface area contributed by atoms with Crippen LogP contribution in [0.4, 0.5) is 0 Å². The van der Waals surface area contributed by atoms with Crippen molar-refractivity contribution in [2.45, 2.75) is 26.5 Å². The fourth-order valence-corrected chi connectivity index (χ4v) is 1.76. The maximum Gasteiger partial charge on any atom is 0.163 e. The molecular weight excluding hydrogens is 180 g/mol. The van der Waals surface area contributed by atoms with Gasteiger partial charge in [0.25, 0.3) is 0 Å². The van der Waals surface area contributed by atoms with Gasteiger partial charge >= 0.3 is 0 Å². The molecule has 2 rings (SSSR count). The van der Waals surface area contributed by atoms with Crippen LogP contribution < -0.4 is 5.32 Å². The van der Waals surface area contributed by atoms with Gasteiger partial charge in [-0.15, -0.1) is 10.2 Å². The smallest absolute Gasteiger partial charge is 0.163 e. The molecule has 1 aliphatic heterocycles.